The summed E-state index contributed by atoms with van der Waals surface area (Å²) in [6.45, 7) is 7.35. The van der Waals surface area contributed by atoms with E-state index in [2.05, 4.69) is 13.2 Å². The van der Waals surface area contributed by atoms with Gasteiger partial charge in [-0.05, 0) is 35.4 Å². The van der Waals surface area contributed by atoms with Gasteiger partial charge in [0, 0.05) is 11.1 Å². The standard InChI is InChI=1S/C24H20O2/c1-3-5-11-19-12-10-13-20(18-19)16-17-22-21(4-2)23(25)14-8-6-7-9-15-24(22)26/h3-18H,1-2H2. The largest absolute Gasteiger partial charge is 0.289 e. The summed E-state index contributed by atoms with van der Waals surface area (Å²) >= 11 is 0. The lowest BCUT2D eigenvalue weighted by Crippen LogP contribution is -2.06. The van der Waals surface area contributed by atoms with Crippen LogP contribution in [-0.2, 0) is 9.59 Å². The van der Waals surface area contributed by atoms with E-state index < -0.39 is 0 Å². The molecule has 0 fully saturated rings. The van der Waals surface area contributed by atoms with Crippen LogP contribution in [0.3, 0.4) is 0 Å². The van der Waals surface area contributed by atoms with Crippen LogP contribution >= 0.6 is 0 Å². The Kier molecular flexibility index (Phi) is 7.02. The Morgan fingerprint density at radius 3 is 1.96 bits per heavy atom. The highest BCUT2D eigenvalue weighted by molar-refractivity contribution is 6.17. The van der Waals surface area contributed by atoms with Crippen molar-refractivity contribution in [2.45, 2.75) is 0 Å². The molecule has 2 nitrogen and oxygen atoms in total. The third kappa shape index (κ3) is 5.25. The second-order valence-corrected chi connectivity index (χ2v) is 5.46. The van der Waals surface area contributed by atoms with Crippen molar-refractivity contribution in [3.8, 4) is 0 Å². The summed E-state index contributed by atoms with van der Waals surface area (Å²) in [7, 11) is 0. The highest BCUT2D eigenvalue weighted by atomic mass is 16.1. The van der Waals surface area contributed by atoms with Crippen LogP contribution in [0.5, 0.6) is 0 Å². The Labute approximate surface area is 154 Å². The number of carbonyl (C=O) groups excluding carboxylic acids is 2. The van der Waals surface area contributed by atoms with Gasteiger partial charge in [0.15, 0.2) is 11.6 Å². The third-order valence-electron chi connectivity index (χ3n) is 3.63. The van der Waals surface area contributed by atoms with E-state index in [1.807, 2.05) is 42.5 Å². The molecule has 0 radical (unpaired) electrons. The molecule has 0 heterocycles. The Hall–Kier alpha value is -3.52. The van der Waals surface area contributed by atoms with Crippen LogP contribution < -0.4 is 0 Å². The normalized spacial score (nSPS) is 15.2. The molecular weight excluding hydrogens is 320 g/mol. The highest BCUT2D eigenvalue weighted by Gasteiger charge is 2.13. The number of hydrogen-bond donors (Lipinski definition) is 0. The van der Waals surface area contributed by atoms with Gasteiger partial charge in [-0.1, -0.05) is 86.0 Å². The predicted octanol–water partition coefficient (Wildman–Crippen LogP) is 5.20. The fourth-order valence-corrected chi connectivity index (χ4v) is 2.37. The molecule has 2 rings (SSSR count). The molecule has 1 aromatic rings. The number of hydrogen-bond acceptors (Lipinski definition) is 2. The molecule has 26 heavy (non-hydrogen) atoms. The summed E-state index contributed by atoms with van der Waals surface area (Å²) < 4.78 is 0. The van der Waals surface area contributed by atoms with E-state index >= 15 is 0 Å². The minimum Gasteiger partial charge on any atom is -0.289 e. The van der Waals surface area contributed by atoms with Gasteiger partial charge in [0.25, 0.3) is 0 Å². The van der Waals surface area contributed by atoms with Crippen LogP contribution in [0.1, 0.15) is 11.1 Å². The monoisotopic (exact) mass is 340 g/mol. The second-order valence-electron chi connectivity index (χ2n) is 5.46. The van der Waals surface area contributed by atoms with Crippen LogP contribution in [0.15, 0.2) is 109 Å². The summed E-state index contributed by atoms with van der Waals surface area (Å²) in [6.07, 6.45) is 20.0. The molecule has 1 aromatic carbocycles. The van der Waals surface area contributed by atoms with Crippen LogP contribution in [0.2, 0.25) is 0 Å². The molecular formula is C24H20O2. The highest BCUT2D eigenvalue weighted by Crippen LogP contribution is 2.16. The zero-order valence-corrected chi connectivity index (χ0v) is 14.5. The molecule has 128 valence electrons. The Morgan fingerprint density at radius 1 is 0.731 bits per heavy atom. The topological polar surface area (TPSA) is 34.1 Å². The fraction of sp³-hybridized carbons (Fsp3) is 0. The predicted molar refractivity (Wildman–Crippen MR) is 109 cm³/mol. The van der Waals surface area contributed by atoms with Crippen molar-refractivity contribution in [2.24, 2.45) is 0 Å². The second kappa shape index (κ2) is 9.70. The molecule has 0 aliphatic heterocycles. The maximum Gasteiger partial charge on any atom is 0.186 e. The van der Waals surface area contributed by atoms with Gasteiger partial charge in [0.05, 0.1) is 0 Å². The molecule has 0 N–H and O–H groups in total. The zero-order chi connectivity index (χ0) is 18.8. The van der Waals surface area contributed by atoms with Gasteiger partial charge in [-0.3, -0.25) is 9.59 Å². The summed E-state index contributed by atoms with van der Waals surface area (Å²) in [5, 5.41) is 0. The molecule has 0 amide bonds. The summed E-state index contributed by atoms with van der Waals surface area (Å²) in [6, 6.07) is 7.82. The lowest BCUT2D eigenvalue weighted by atomic mass is 9.97. The fourth-order valence-electron chi connectivity index (χ4n) is 2.37. The average Bonchev–Trinajstić information content (AvgIpc) is 2.65. The SMILES string of the molecule is C=CC=Cc1cccc(C=CC2=C(C=C)C(=O)C=CC=CC=CC2=O)c1. The Bertz CT molecular complexity index is 900. The molecule has 0 aromatic heterocycles. The van der Waals surface area contributed by atoms with Crippen molar-refractivity contribution >= 4 is 23.7 Å². The van der Waals surface area contributed by atoms with Crippen molar-refractivity contribution in [1.82, 2.24) is 0 Å². The molecule has 0 saturated carbocycles. The summed E-state index contributed by atoms with van der Waals surface area (Å²) in [4.78, 5) is 24.8. The van der Waals surface area contributed by atoms with Crippen molar-refractivity contribution in [3.05, 3.63) is 120 Å². The Balaban J connectivity index is 2.45. The van der Waals surface area contributed by atoms with Crippen molar-refractivity contribution in [1.29, 1.82) is 0 Å². The number of ketones is 2. The van der Waals surface area contributed by atoms with Crippen LogP contribution in [0.4, 0.5) is 0 Å². The first-order valence-corrected chi connectivity index (χ1v) is 8.19. The van der Waals surface area contributed by atoms with Gasteiger partial charge in [-0.15, -0.1) is 0 Å². The van der Waals surface area contributed by atoms with E-state index in [9.17, 15) is 9.59 Å². The Morgan fingerprint density at radius 2 is 1.35 bits per heavy atom. The van der Waals surface area contributed by atoms with E-state index in [-0.39, 0.29) is 17.1 Å². The smallest absolute Gasteiger partial charge is 0.186 e. The van der Waals surface area contributed by atoms with Gasteiger partial charge >= 0.3 is 0 Å². The summed E-state index contributed by atoms with van der Waals surface area (Å²) in [5.74, 6) is -0.497. The van der Waals surface area contributed by atoms with E-state index in [1.54, 1.807) is 36.5 Å². The lowest BCUT2D eigenvalue weighted by Gasteiger charge is -2.05. The van der Waals surface area contributed by atoms with Crippen molar-refractivity contribution < 1.29 is 9.59 Å². The van der Waals surface area contributed by atoms with Crippen LogP contribution in [0, 0.1) is 0 Å². The molecule has 2 heteroatoms. The van der Waals surface area contributed by atoms with E-state index in [0.29, 0.717) is 5.57 Å². The first-order chi connectivity index (χ1) is 12.7. The third-order valence-corrected chi connectivity index (χ3v) is 3.63. The number of carbonyl (C=O) groups is 2. The average molecular weight is 340 g/mol. The van der Waals surface area contributed by atoms with Gasteiger partial charge in [-0.2, -0.15) is 0 Å². The molecule has 0 saturated heterocycles. The van der Waals surface area contributed by atoms with Gasteiger partial charge in [-0.25, -0.2) is 0 Å². The molecule has 0 spiro atoms. The minimum absolute atomic E-state index is 0.243. The molecule has 1 aliphatic carbocycles. The van der Waals surface area contributed by atoms with E-state index in [0.717, 1.165) is 11.1 Å². The minimum atomic E-state index is -0.254. The molecule has 1 aliphatic rings. The molecule has 0 atom stereocenters. The molecule has 0 unspecified atom stereocenters. The number of benzene rings is 1. The maximum absolute atomic E-state index is 12.5. The first-order valence-electron chi connectivity index (χ1n) is 8.19. The quantitative estimate of drug-likeness (QED) is 0.690. The number of allylic oxidation sites excluding steroid dienone is 12. The van der Waals surface area contributed by atoms with Gasteiger partial charge < -0.3 is 0 Å². The zero-order valence-electron chi connectivity index (χ0n) is 14.5. The van der Waals surface area contributed by atoms with Crippen molar-refractivity contribution in [2.75, 3.05) is 0 Å². The van der Waals surface area contributed by atoms with Gasteiger partial charge in [0.2, 0.25) is 0 Å². The van der Waals surface area contributed by atoms with E-state index in [4.69, 9.17) is 0 Å². The lowest BCUT2D eigenvalue weighted by molar-refractivity contribution is -0.113. The first kappa shape index (κ1) is 18.8. The van der Waals surface area contributed by atoms with Crippen molar-refractivity contribution in [3.63, 3.8) is 0 Å². The number of rotatable bonds is 5. The summed E-state index contributed by atoms with van der Waals surface area (Å²) in [5.41, 5.74) is 2.54. The van der Waals surface area contributed by atoms with Gasteiger partial charge in [0.1, 0.15) is 0 Å². The maximum atomic E-state index is 12.5. The molecule has 0 bridgehead atoms. The van der Waals surface area contributed by atoms with E-state index in [1.165, 1.54) is 18.2 Å². The van der Waals surface area contributed by atoms with Crippen LogP contribution in [-0.4, -0.2) is 11.6 Å². The van der Waals surface area contributed by atoms with Crippen LogP contribution in [0.25, 0.3) is 12.2 Å².